The first kappa shape index (κ1) is 14.3. The smallest absolute Gasteiger partial charge is 0.238 e. The number of allylic oxidation sites excluding steroid dienone is 1. The minimum atomic E-state index is -3.86. The third kappa shape index (κ3) is 2.74. The van der Waals surface area contributed by atoms with Crippen LogP contribution in [0.25, 0.3) is 11.1 Å². The zero-order valence-corrected chi connectivity index (χ0v) is 11.6. The van der Waals surface area contributed by atoms with Crippen molar-refractivity contribution in [2.24, 2.45) is 5.14 Å². The van der Waals surface area contributed by atoms with Crippen molar-refractivity contribution in [3.8, 4) is 16.9 Å². The number of primary sulfonamides is 1. The first-order valence-electron chi connectivity index (χ1n) is 5.99. The largest absolute Gasteiger partial charge is 0.507 e. The van der Waals surface area contributed by atoms with Gasteiger partial charge in [-0.2, -0.15) is 0 Å². The highest BCUT2D eigenvalue weighted by Crippen LogP contribution is 2.36. The van der Waals surface area contributed by atoms with Gasteiger partial charge in [0.25, 0.3) is 0 Å². The molecule has 5 heteroatoms. The summed E-state index contributed by atoms with van der Waals surface area (Å²) in [5.41, 5.74) is 1.65. The molecule has 2 rings (SSSR count). The van der Waals surface area contributed by atoms with Gasteiger partial charge < -0.3 is 5.11 Å². The van der Waals surface area contributed by atoms with E-state index in [0.29, 0.717) is 17.5 Å². The fourth-order valence-corrected chi connectivity index (χ4v) is 2.94. The fourth-order valence-electron chi connectivity index (χ4n) is 2.16. The summed E-state index contributed by atoms with van der Waals surface area (Å²) in [7, 11) is -3.86. The van der Waals surface area contributed by atoms with Gasteiger partial charge in [-0.3, -0.25) is 0 Å². The number of hydrogen-bond acceptors (Lipinski definition) is 3. The summed E-state index contributed by atoms with van der Waals surface area (Å²) in [6, 6.07) is 11.7. The maximum Gasteiger partial charge on any atom is 0.238 e. The van der Waals surface area contributed by atoms with Crippen LogP contribution in [0, 0.1) is 0 Å². The molecule has 0 unspecified atom stereocenters. The van der Waals surface area contributed by atoms with Crippen molar-refractivity contribution in [1.82, 2.24) is 0 Å². The Hall–Kier alpha value is -2.11. The second-order valence-electron chi connectivity index (χ2n) is 4.34. The van der Waals surface area contributed by atoms with E-state index in [0.717, 1.165) is 5.56 Å². The topological polar surface area (TPSA) is 80.4 Å². The standard InChI is InChI=1S/C15H15NO3S/c1-2-6-12-14(20(16,18)19)10-9-13(17)15(12)11-7-4-3-5-8-11/h2-5,7-10,17H,1,6H2,(H2,16,18,19). The molecular formula is C15H15NO3S. The van der Waals surface area contributed by atoms with Crippen molar-refractivity contribution in [2.45, 2.75) is 11.3 Å². The molecule has 20 heavy (non-hydrogen) atoms. The molecule has 3 N–H and O–H groups in total. The summed E-state index contributed by atoms with van der Waals surface area (Å²) in [5, 5.41) is 15.3. The van der Waals surface area contributed by atoms with E-state index in [2.05, 4.69) is 6.58 Å². The van der Waals surface area contributed by atoms with E-state index in [-0.39, 0.29) is 10.6 Å². The van der Waals surface area contributed by atoms with E-state index in [1.807, 2.05) is 18.2 Å². The summed E-state index contributed by atoms with van der Waals surface area (Å²) in [4.78, 5) is 0.00838. The lowest BCUT2D eigenvalue weighted by molar-refractivity contribution is 0.476. The van der Waals surface area contributed by atoms with E-state index in [4.69, 9.17) is 5.14 Å². The van der Waals surface area contributed by atoms with Crippen LogP contribution < -0.4 is 5.14 Å². The highest BCUT2D eigenvalue weighted by molar-refractivity contribution is 7.89. The van der Waals surface area contributed by atoms with Crippen molar-refractivity contribution >= 4 is 10.0 Å². The number of phenols is 1. The monoisotopic (exact) mass is 289 g/mol. The number of phenolic OH excluding ortho intramolecular Hbond substituents is 1. The third-order valence-electron chi connectivity index (χ3n) is 2.97. The average molecular weight is 289 g/mol. The number of nitrogens with two attached hydrogens (primary N) is 1. The Labute approximate surface area is 118 Å². The summed E-state index contributed by atoms with van der Waals surface area (Å²) < 4.78 is 23.4. The number of benzene rings is 2. The molecule has 0 aliphatic rings. The Morgan fingerprint density at radius 2 is 1.80 bits per heavy atom. The third-order valence-corrected chi connectivity index (χ3v) is 3.96. The minimum absolute atomic E-state index is 0.00838. The predicted octanol–water partition coefficient (Wildman–Crippen LogP) is 2.44. The van der Waals surface area contributed by atoms with Crippen LogP contribution in [0.5, 0.6) is 5.75 Å². The predicted molar refractivity (Wildman–Crippen MR) is 78.8 cm³/mol. The van der Waals surface area contributed by atoms with Gasteiger partial charge in [-0.05, 0) is 29.7 Å². The Bertz CT molecular complexity index is 737. The van der Waals surface area contributed by atoms with Gasteiger partial charge in [0.05, 0.1) is 4.90 Å². The molecule has 0 amide bonds. The van der Waals surface area contributed by atoms with Gasteiger partial charge >= 0.3 is 0 Å². The van der Waals surface area contributed by atoms with Crippen LogP contribution in [0.1, 0.15) is 5.56 Å². The van der Waals surface area contributed by atoms with Gasteiger partial charge in [0.15, 0.2) is 0 Å². The van der Waals surface area contributed by atoms with Gasteiger partial charge in [-0.15, -0.1) is 6.58 Å². The van der Waals surface area contributed by atoms with Crippen LogP contribution in [0.15, 0.2) is 60.0 Å². The molecule has 0 radical (unpaired) electrons. The Morgan fingerprint density at radius 3 is 2.35 bits per heavy atom. The molecule has 0 aliphatic heterocycles. The number of hydrogen-bond donors (Lipinski definition) is 2. The molecule has 0 spiro atoms. The summed E-state index contributed by atoms with van der Waals surface area (Å²) in [5.74, 6) is 0.0143. The van der Waals surface area contributed by atoms with E-state index in [9.17, 15) is 13.5 Å². The quantitative estimate of drug-likeness (QED) is 0.848. The molecule has 4 nitrogen and oxygen atoms in total. The van der Waals surface area contributed by atoms with Crippen molar-refractivity contribution in [1.29, 1.82) is 0 Å². The highest BCUT2D eigenvalue weighted by Gasteiger charge is 2.20. The van der Waals surface area contributed by atoms with Crippen LogP contribution in [0.4, 0.5) is 0 Å². The van der Waals surface area contributed by atoms with Gasteiger partial charge in [0.1, 0.15) is 5.75 Å². The Balaban J connectivity index is 2.82. The molecule has 0 saturated heterocycles. The molecule has 0 atom stereocenters. The van der Waals surface area contributed by atoms with Gasteiger partial charge in [0, 0.05) is 5.56 Å². The lowest BCUT2D eigenvalue weighted by Gasteiger charge is -2.14. The van der Waals surface area contributed by atoms with Crippen molar-refractivity contribution in [2.75, 3.05) is 0 Å². The SMILES string of the molecule is C=CCc1c(S(N)(=O)=O)ccc(O)c1-c1ccccc1. The Kier molecular flexibility index (Phi) is 3.92. The molecule has 2 aromatic rings. The molecule has 0 fully saturated rings. The van der Waals surface area contributed by atoms with Crippen LogP contribution >= 0.6 is 0 Å². The molecule has 0 bridgehead atoms. The summed E-state index contributed by atoms with van der Waals surface area (Å²) in [6.07, 6.45) is 1.88. The average Bonchev–Trinajstić information content (AvgIpc) is 2.39. The number of rotatable bonds is 4. The normalized spacial score (nSPS) is 11.2. The molecular weight excluding hydrogens is 274 g/mol. The van der Waals surface area contributed by atoms with E-state index in [1.165, 1.54) is 12.1 Å². The molecule has 0 saturated carbocycles. The van der Waals surface area contributed by atoms with Crippen LogP contribution in [-0.4, -0.2) is 13.5 Å². The van der Waals surface area contributed by atoms with Crippen LogP contribution in [-0.2, 0) is 16.4 Å². The first-order valence-corrected chi connectivity index (χ1v) is 7.53. The zero-order valence-electron chi connectivity index (χ0n) is 10.8. The van der Waals surface area contributed by atoms with E-state index < -0.39 is 10.0 Å². The highest BCUT2D eigenvalue weighted by atomic mass is 32.2. The Morgan fingerprint density at radius 1 is 1.15 bits per heavy atom. The molecule has 0 heterocycles. The van der Waals surface area contributed by atoms with Gasteiger partial charge in [-0.1, -0.05) is 36.4 Å². The summed E-state index contributed by atoms with van der Waals surface area (Å²) >= 11 is 0. The van der Waals surface area contributed by atoms with Crippen LogP contribution in [0.2, 0.25) is 0 Å². The lowest BCUT2D eigenvalue weighted by Crippen LogP contribution is -2.15. The maximum atomic E-state index is 11.7. The maximum absolute atomic E-state index is 11.7. The van der Waals surface area contributed by atoms with Crippen LogP contribution in [0.3, 0.4) is 0 Å². The molecule has 0 aliphatic carbocycles. The summed E-state index contributed by atoms with van der Waals surface area (Å²) in [6.45, 7) is 3.63. The fraction of sp³-hybridized carbons (Fsp3) is 0.0667. The van der Waals surface area contributed by atoms with E-state index >= 15 is 0 Å². The zero-order chi connectivity index (χ0) is 14.8. The number of aromatic hydroxyl groups is 1. The van der Waals surface area contributed by atoms with Crippen molar-refractivity contribution < 1.29 is 13.5 Å². The number of sulfonamides is 1. The molecule has 0 aromatic heterocycles. The van der Waals surface area contributed by atoms with E-state index in [1.54, 1.807) is 18.2 Å². The second kappa shape index (κ2) is 5.48. The molecule has 104 valence electrons. The first-order chi connectivity index (χ1) is 9.45. The minimum Gasteiger partial charge on any atom is -0.507 e. The molecule has 2 aromatic carbocycles. The van der Waals surface area contributed by atoms with Gasteiger partial charge in [0.2, 0.25) is 10.0 Å². The lowest BCUT2D eigenvalue weighted by atomic mass is 9.96. The van der Waals surface area contributed by atoms with Crippen molar-refractivity contribution in [3.05, 3.63) is 60.7 Å². The van der Waals surface area contributed by atoms with Gasteiger partial charge in [-0.25, -0.2) is 13.6 Å². The van der Waals surface area contributed by atoms with Crippen molar-refractivity contribution in [3.63, 3.8) is 0 Å². The second-order valence-corrected chi connectivity index (χ2v) is 5.87.